The molecule has 1 unspecified atom stereocenters. The van der Waals surface area contributed by atoms with Gasteiger partial charge in [-0.1, -0.05) is 53.7 Å². The monoisotopic (exact) mass is 500 g/mol. The molecule has 0 amide bonds. The highest BCUT2D eigenvalue weighted by molar-refractivity contribution is 5.66. The molecule has 5 saturated carbocycles. The summed E-state index contributed by atoms with van der Waals surface area (Å²) in [6.07, 6.45) is 8.77. The minimum atomic E-state index is -1.65. The fraction of sp³-hybridized carbons (Fsp3) is 0.906. The zero-order chi connectivity index (χ0) is 26.7. The molecule has 0 radical (unpaired) electrons. The molecule has 204 valence electrons. The molecule has 36 heavy (non-hydrogen) atoms. The Morgan fingerprint density at radius 3 is 2.14 bits per heavy atom. The average Bonchev–Trinajstić information content (AvgIpc) is 3.10. The van der Waals surface area contributed by atoms with Crippen molar-refractivity contribution in [3.05, 3.63) is 12.2 Å². The lowest BCUT2D eigenvalue weighted by atomic mass is 9.31. The van der Waals surface area contributed by atoms with Crippen molar-refractivity contribution in [3.63, 3.8) is 0 Å². The fourth-order valence-electron chi connectivity index (χ4n) is 11.8. The largest absolute Gasteiger partial charge is 0.433 e. The van der Waals surface area contributed by atoms with E-state index < -0.39 is 23.3 Å². The number of fused-ring (bicyclic) bond motifs is 7. The zero-order valence-corrected chi connectivity index (χ0v) is 24.2. The lowest BCUT2D eigenvalue weighted by molar-refractivity contribution is -0.367. The SMILES string of the molecule is C=C(C)[C@@H]1CC[C@]2(C)CC[C@]3(C)[C@H](CC[C@H]4[C@]5(C)[C@H](CC[C@]43C)C(C)(C)[C@@H](O)CC5(O)OC(C)=O)[C@@H]12. The van der Waals surface area contributed by atoms with Gasteiger partial charge in [-0.2, -0.15) is 0 Å². The molecule has 0 aromatic rings. The second-order valence-corrected chi connectivity index (χ2v) is 15.5. The summed E-state index contributed by atoms with van der Waals surface area (Å²) in [5.74, 6) is 0.175. The predicted molar refractivity (Wildman–Crippen MR) is 143 cm³/mol. The number of rotatable bonds is 2. The quantitative estimate of drug-likeness (QED) is 0.246. The van der Waals surface area contributed by atoms with Crippen molar-refractivity contribution < 1.29 is 19.7 Å². The first-order chi connectivity index (χ1) is 16.5. The van der Waals surface area contributed by atoms with Gasteiger partial charge in [-0.15, -0.1) is 0 Å². The minimum absolute atomic E-state index is 0.0389. The van der Waals surface area contributed by atoms with E-state index in [2.05, 4.69) is 55.0 Å². The summed E-state index contributed by atoms with van der Waals surface area (Å²) in [6.45, 7) is 22.3. The second-order valence-electron chi connectivity index (χ2n) is 15.5. The van der Waals surface area contributed by atoms with Crippen molar-refractivity contribution in [3.8, 4) is 0 Å². The first-order valence-corrected chi connectivity index (χ1v) is 14.7. The third-order valence-corrected chi connectivity index (χ3v) is 14.0. The summed E-state index contributed by atoms with van der Waals surface area (Å²) in [7, 11) is 0. The van der Waals surface area contributed by atoms with Crippen LogP contribution in [0, 0.1) is 56.7 Å². The van der Waals surface area contributed by atoms with Crippen LogP contribution in [0.25, 0.3) is 0 Å². The molecule has 0 aromatic heterocycles. The molecule has 5 fully saturated rings. The van der Waals surface area contributed by atoms with Gasteiger partial charge in [-0.05, 0) is 110 Å². The zero-order valence-electron chi connectivity index (χ0n) is 24.2. The van der Waals surface area contributed by atoms with Crippen LogP contribution in [0.4, 0.5) is 0 Å². The smallest absolute Gasteiger partial charge is 0.305 e. The summed E-state index contributed by atoms with van der Waals surface area (Å²) in [5, 5.41) is 23.4. The van der Waals surface area contributed by atoms with Crippen LogP contribution < -0.4 is 0 Å². The molecule has 5 aliphatic rings. The maximum Gasteiger partial charge on any atom is 0.305 e. The molecule has 0 heterocycles. The fourth-order valence-corrected chi connectivity index (χ4v) is 11.8. The third kappa shape index (κ3) is 3.09. The molecule has 0 saturated heterocycles. The summed E-state index contributed by atoms with van der Waals surface area (Å²) < 4.78 is 5.86. The average molecular weight is 501 g/mol. The molecule has 0 spiro atoms. The van der Waals surface area contributed by atoms with Gasteiger partial charge in [0.15, 0.2) is 0 Å². The van der Waals surface area contributed by atoms with Crippen molar-refractivity contribution in [2.75, 3.05) is 0 Å². The molecule has 4 heteroatoms. The van der Waals surface area contributed by atoms with Crippen molar-refractivity contribution in [1.29, 1.82) is 0 Å². The van der Waals surface area contributed by atoms with Crippen LogP contribution in [0.2, 0.25) is 0 Å². The van der Waals surface area contributed by atoms with E-state index in [-0.39, 0.29) is 34.5 Å². The van der Waals surface area contributed by atoms with Crippen LogP contribution in [-0.4, -0.2) is 28.1 Å². The van der Waals surface area contributed by atoms with Gasteiger partial charge >= 0.3 is 5.97 Å². The van der Waals surface area contributed by atoms with E-state index in [9.17, 15) is 15.0 Å². The lowest BCUT2D eigenvalue weighted by Crippen LogP contribution is -2.74. The highest BCUT2D eigenvalue weighted by atomic mass is 16.7. The van der Waals surface area contributed by atoms with Crippen LogP contribution in [0.15, 0.2) is 12.2 Å². The van der Waals surface area contributed by atoms with Crippen molar-refractivity contribution in [2.45, 2.75) is 125 Å². The van der Waals surface area contributed by atoms with E-state index in [4.69, 9.17) is 4.74 Å². The normalized spacial score (nSPS) is 55.5. The number of carbonyl (C=O) groups is 1. The number of ether oxygens (including phenoxy) is 1. The van der Waals surface area contributed by atoms with Crippen LogP contribution >= 0.6 is 0 Å². The van der Waals surface area contributed by atoms with E-state index in [0.29, 0.717) is 23.2 Å². The van der Waals surface area contributed by atoms with Crippen molar-refractivity contribution in [2.24, 2.45) is 56.7 Å². The van der Waals surface area contributed by atoms with Crippen molar-refractivity contribution in [1.82, 2.24) is 0 Å². The molecule has 0 aliphatic heterocycles. The van der Waals surface area contributed by atoms with Gasteiger partial charge < -0.3 is 14.9 Å². The van der Waals surface area contributed by atoms with Gasteiger partial charge in [0.2, 0.25) is 5.79 Å². The minimum Gasteiger partial charge on any atom is -0.433 e. The van der Waals surface area contributed by atoms with Crippen molar-refractivity contribution >= 4 is 5.97 Å². The number of aliphatic hydroxyl groups excluding tert-OH is 1. The van der Waals surface area contributed by atoms with Gasteiger partial charge in [0.1, 0.15) is 0 Å². The van der Waals surface area contributed by atoms with E-state index in [1.54, 1.807) is 0 Å². The number of aliphatic hydroxyl groups is 2. The van der Waals surface area contributed by atoms with Crippen LogP contribution in [0.1, 0.15) is 113 Å². The highest BCUT2D eigenvalue weighted by Crippen LogP contribution is 2.78. The lowest BCUT2D eigenvalue weighted by Gasteiger charge is -2.74. The van der Waals surface area contributed by atoms with Crippen LogP contribution in [0.3, 0.4) is 0 Å². The maximum atomic E-state index is 12.3. The van der Waals surface area contributed by atoms with Gasteiger partial charge in [-0.25, -0.2) is 0 Å². The Balaban J connectivity index is 1.62. The Kier molecular flexibility index (Phi) is 5.82. The molecule has 5 aliphatic carbocycles. The first-order valence-electron chi connectivity index (χ1n) is 14.7. The Bertz CT molecular complexity index is 956. The number of hydrogen-bond acceptors (Lipinski definition) is 4. The van der Waals surface area contributed by atoms with E-state index in [1.165, 1.54) is 44.6 Å². The van der Waals surface area contributed by atoms with Gasteiger partial charge in [0, 0.05) is 18.8 Å². The van der Waals surface area contributed by atoms with E-state index in [0.717, 1.165) is 19.3 Å². The summed E-state index contributed by atoms with van der Waals surface area (Å²) in [5.41, 5.74) is 1.03. The third-order valence-electron chi connectivity index (χ3n) is 14.0. The molecule has 11 atom stereocenters. The molecule has 0 bridgehead atoms. The van der Waals surface area contributed by atoms with Gasteiger partial charge in [-0.3, -0.25) is 4.79 Å². The second kappa shape index (κ2) is 7.84. The van der Waals surface area contributed by atoms with Crippen LogP contribution in [0.5, 0.6) is 0 Å². The standard InChI is InChI=1S/C32H52O4/c1-19(2)21-12-14-28(6)16-17-29(7)22(26(21)28)10-11-24-30(29,8)15-13-23-27(4,5)25(34)18-32(35,31(23,24)9)36-20(3)33/h21-26,34-35H,1,10-18H2,2-9H3/t21-,22+,23+,24+,25-,26+,28+,29+,30+,31-,32?/m0/s1. The van der Waals surface area contributed by atoms with Crippen LogP contribution in [-0.2, 0) is 9.53 Å². The number of allylic oxidation sites excluding steroid dienone is 1. The van der Waals surface area contributed by atoms with Gasteiger partial charge in [0.05, 0.1) is 6.10 Å². The number of carbonyl (C=O) groups excluding carboxylic acids is 1. The summed E-state index contributed by atoms with van der Waals surface area (Å²) in [6, 6.07) is 0. The van der Waals surface area contributed by atoms with E-state index in [1.807, 2.05) is 0 Å². The predicted octanol–water partition coefficient (Wildman–Crippen LogP) is 6.89. The Morgan fingerprint density at radius 1 is 0.861 bits per heavy atom. The Hall–Kier alpha value is -0.870. The van der Waals surface area contributed by atoms with Gasteiger partial charge in [0.25, 0.3) is 0 Å². The highest BCUT2D eigenvalue weighted by Gasteiger charge is 2.75. The molecule has 0 aromatic carbocycles. The molecular formula is C32H52O4. The molecule has 4 nitrogen and oxygen atoms in total. The summed E-state index contributed by atoms with van der Waals surface area (Å²) in [4.78, 5) is 12.3. The molecule has 5 rings (SSSR count). The number of hydrogen-bond donors (Lipinski definition) is 2. The van der Waals surface area contributed by atoms with E-state index >= 15 is 0 Å². The Morgan fingerprint density at radius 2 is 1.53 bits per heavy atom. The maximum absolute atomic E-state index is 12.3. The first kappa shape index (κ1) is 26.7. The Labute approximate surface area is 219 Å². The topological polar surface area (TPSA) is 66.8 Å². The number of esters is 1. The molecule has 2 N–H and O–H groups in total. The molecular weight excluding hydrogens is 448 g/mol. The summed E-state index contributed by atoms with van der Waals surface area (Å²) >= 11 is 0.